The number of carbonyl (C=O) groups excluding carboxylic acids is 1. The van der Waals surface area contributed by atoms with E-state index in [-0.39, 0.29) is 5.91 Å². The predicted molar refractivity (Wildman–Crippen MR) is 82.4 cm³/mol. The first-order chi connectivity index (χ1) is 9.97. The molecule has 0 radical (unpaired) electrons. The lowest BCUT2D eigenvalue weighted by atomic mass is 10.0. The Morgan fingerprint density at radius 2 is 2.10 bits per heavy atom. The number of nitrogens with zero attached hydrogens (tertiary/aromatic N) is 1. The second-order valence-corrected chi connectivity index (χ2v) is 5.75. The summed E-state index contributed by atoms with van der Waals surface area (Å²) in [5, 5.41) is 10.4. The molecule has 21 heavy (non-hydrogen) atoms. The first kappa shape index (κ1) is 15.6. The molecule has 1 aromatic rings. The lowest BCUT2D eigenvalue weighted by Crippen LogP contribution is -2.42. The van der Waals surface area contributed by atoms with Gasteiger partial charge in [0.2, 0.25) is 0 Å². The highest BCUT2D eigenvalue weighted by Gasteiger charge is 2.34. The highest BCUT2D eigenvalue weighted by molar-refractivity contribution is 6.01. The molecule has 0 aliphatic heterocycles. The van der Waals surface area contributed by atoms with Crippen LogP contribution >= 0.6 is 0 Å². The summed E-state index contributed by atoms with van der Waals surface area (Å²) in [4.78, 5) is 14.2. The van der Waals surface area contributed by atoms with E-state index in [0.29, 0.717) is 30.2 Å². The number of benzene rings is 1. The van der Waals surface area contributed by atoms with E-state index in [9.17, 15) is 9.90 Å². The first-order valence-electron chi connectivity index (χ1n) is 7.46. The predicted octanol–water partition coefficient (Wildman–Crippen LogP) is 2.04. The van der Waals surface area contributed by atoms with Crippen LogP contribution in [-0.4, -0.2) is 41.7 Å². The fourth-order valence-electron chi connectivity index (χ4n) is 2.95. The number of hydrogen-bond donors (Lipinski definition) is 2. The molecule has 5 heteroatoms. The molecule has 3 N–H and O–H groups in total. The van der Waals surface area contributed by atoms with E-state index in [0.717, 1.165) is 25.7 Å². The summed E-state index contributed by atoms with van der Waals surface area (Å²) in [7, 11) is 1.70. The fraction of sp³-hybridized carbons (Fsp3) is 0.562. The van der Waals surface area contributed by atoms with Gasteiger partial charge in [0.15, 0.2) is 0 Å². The highest BCUT2D eigenvalue weighted by Crippen LogP contribution is 2.31. The van der Waals surface area contributed by atoms with Crippen molar-refractivity contribution in [2.45, 2.75) is 38.2 Å². The third-order valence-corrected chi connectivity index (χ3v) is 3.98. The van der Waals surface area contributed by atoms with Crippen LogP contribution in [0.3, 0.4) is 0 Å². The van der Waals surface area contributed by atoms with E-state index >= 15 is 0 Å². The van der Waals surface area contributed by atoms with Crippen molar-refractivity contribution in [3.63, 3.8) is 0 Å². The summed E-state index contributed by atoms with van der Waals surface area (Å²) in [5.41, 5.74) is 5.95. The third kappa shape index (κ3) is 3.47. The molecule has 0 heterocycles. The molecular formula is C16H24N2O3. The van der Waals surface area contributed by atoms with E-state index in [2.05, 4.69) is 0 Å². The SMILES string of the molecule is CCOc1cccc(N)c1C(=O)N(C)CC1(O)CCCC1. The smallest absolute Gasteiger partial charge is 0.259 e. The molecule has 0 atom stereocenters. The van der Waals surface area contributed by atoms with Crippen LogP contribution in [0.25, 0.3) is 0 Å². The Balaban J connectivity index is 2.19. The minimum atomic E-state index is -0.764. The van der Waals surface area contributed by atoms with E-state index in [1.165, 1.54) is 0 Å². The largest absolute Gasteiger partial charge is 0.493 e. The van der Waals surface area contributed by atoms with Crippen molar-refractivity contribution in [3.8, 4) is 5.75 Å². The summed E-state index contributed by atoms with van der Waals surface area (Å²) >= 11 is 0. The van der Waals surface area contributed by atoms with Crippen molar-refractivity contribution in [3.05, 3.63) is 23.8 Å². The fourth-order valence-corrected chi connectivity index (χ4v) is 2.95. The molecule has 0 saturated heterocycles. The molecule has 1 saturated carbocycles. The number of nitrogen functional groups attached to an aromatic ring is 1. The zero-order chi connectivity index (χ0) is 15.5. The number of nitrogens with two attached hydrogens (primary N) is 1. The summed E-state index contributed by atoms with van der Waals surface area (Å²) in [6.07, 6.45) is 3.51. The maximum absolute atomic E-state index is 12.6. The molecule has 1 fully saturated rings. The molecule has 2 rings (SSSR count). The van der Waals surface area contributed by atoms with Gasteiger partial charge in [-0.2, -0.15) is 0 Å². The molecule has 1 aromatic carbocycles. The topological polar surface area (TPSA) is 75.8 Å². The van der Waals surface area contributed by atoms with Crippen molar-refractivity contribution in [2.75, 3.05) is 25.9 Å². The van der Waals surface area contributed by atoms with Crippen molar-refractivity contribution in [1.29, 1.82) is 0 Å². The number of rotatable bonds is 5. The average Bonchev–Trinajstić information content (AvgIpc) is 2.85. The lowest BCUT2D eigenvalue weighted by Gasteiger charge is -2.29. The van der Waals surface area contributed by atoms with Gasteiger partial charge >= 0.3 is 0 Å². The number of hydrogen-bond acceptors (Lipinski definition) is 4. The number of amides is 1. The van der Waals surface area contributed by atoms with Gasteiger partial charge in [-0.1, -0.05) is 18.9 Å². The summed E-state index contributed by atoms with van der Waals surface area (Å²) < 4.78 is 5.49. The van der Waals surface area contributed by atoms with Crippen molar-refractivity contribution >= 4 is 11.6 Å². The summed E-state index contributed by atoms with van der Waals surface area (Å²) in [6.45, 7) is 2.66. The van der Waals surface area contributed by atoms with Gasteiger partial charge in [0, 0.05) is 19.3 Å². The summed E-state index contributed by atoms with van der Waals surface area (Å²) in [6, 6.07) is 5.20. The maximum atomic E-state index is 12.6. The monoisotopic (exact) mass is 292 g/mol. The number of aliphatic hydroxyl groups is 1. The summed E-state index contributed by atoms with van der Waals surface area (Å²) in [5.74, 6) is 0.282. The Bertz CT molecular complexity index is 510. The Morgan fingerprint density at radius 3 is 2.71 bits per heavy atom. The quantitative estimate of drug-likeness (QED) is 0.814. The second-order valence-electron chi connectivity index (χ2n) is 5.75. The average molecular weight is 292 g/mol. The molecule has 5 nitrogen and oxygen atoms in total. The molecule has 0 unspecified atom stereocenters. The Kier molecular flexibility index (Phi) is 4.73. The Hall–Kier alpha value is -1.75. The number of anilines is 1. The molecule has 1 aliphatic carbocycles. The van der Waals surface area contributed by atoms with Gasteiger partial charge in [-0.15, -0.1) is 0 Å². The van der Waals surface area contributed by atoms with Crippen LogP contribution in [0.1, 0.15) is 43.0 Å². The normalized spacial score (nSPS) is 16.7. The minimum Gasteiger partial charge on any atom is -0.493 e. The van der Waals surface area contributed by atoms with Crippen LogP contribution in [-0.2, 0) is 0 Å². The van der Waals surface area contributed by atoms with Crippen molar-refractivity contribution < 1.29 is 14.6 Å². The highest BCUT2D eigenvalue weighted by atomic mass is 16.5. The van der Waals surface area contributed by atoms with E-state index in [1.807, 2.05) is 6.92 Å². The van der Waals surface area contributed by atoms with Crippen molar-refractivity contribution in [1.82, 2.24) is 4.90 Å². The second kappa shape index (κ2) is 6.35. The molecule has 1 aliphatic rings. The van der Waals surface area contributed by atoms with Gasteiger partial charge in [-0.05, 0) is 31.9 Å². The van der Waals surface area contributed by atoms with E-state index in [1.54, 1.807) is 30.1 Å². The zero-order valence-electron chi connectivity index (χ0n) is 12.8. The lowest BCUT2D eigenvalue weighted by molar-refractivity contribution is 0.0156. The van der Waals surface area contributed by atoms with Crippen LogP contribution < -0.4 is 10.5 Å². The molecule has 116 valence electrons. The van der Waals surface area contributed by atoms with Gasteiger partial charge in [0.25, 0.3) is 5.91 Å². The van der Waals surface area contributed by atoms with Gasteiger partial charge in [0.1, 0.15) is 11.3 Å². The van der Waals surface area contributed by atoms with Crippen LogP contribution in [0.2, 0.25) is 0 Å². The van der Waals surface area contributed by atoms with E-state index < -0.39 is 5.60 Å². The Labute approximate surface area is 125 Å². The van der Waals surface area contributed by atoms with Crippen LogP contribution in [0.15, 0.2) is 18.2 Å². The zero-order valence-corrected chi connectivity index (χ0v) is 12.8. The molecule has 0 bridgehead atoms. The van der Waals surface area contributed by atoms with E-state index in [4.69, 9.17) is 10.5 Å². The van der Waals surface area contributed by atoms with Crippen molar-refractivity contribution in [2.24, 2.45) is 0 Å². The first-order valence-corrected chi connectivity index (χ1v) is 7.46. The third-order valence-electron chi connectivity index (χ3n) is 3.98. The van der Waals surface area contributed by atoms with Gasteiger partial charge in [-0.25, -0.2) is 0 Å². The maximum Gasteiger partial charge on any atom is 0.259 e. The minimum absolute atomic E-state index is 0.211. The van der Waals surface area contributed by atoms with Gasteiger partial charge < -0.3 is 20.5 Å². The van der Waals surface area contributed by atoms with Gasteiger partial charge in [0.05, 0.1) is 12.2 Å². The number of carbonyl (C=O) groups is 1. The molecule has 1 amide bonds. The van der Waals surface area contributed by atoms with Crippen LogP contribution in [0, 0.1) is 0 Å². The standard InChI is InChI=1S/C16H24N2O3/c1-3-21-13-8-6-7-12(17)14(13)15(19)18(2)11-16(20)9-4-5-10-16/h6-8,20H,3-5,9-11,17H2,1-2H3. The number of likely N-dealkylation sites (N-methyl/N-ethyl adjacent to an activating group) is 1. The molecule has 0 aromatic heterocycles. The van der Waals surface area contributed by atoms with Gasteiger partial charge in [-0.3, -0.25) is 4.79 Å². The van der Waals surface area contributed by atoms with Crippen LogP contribution in [0.4, 0.5) is 5.69 Å². The molecule has 0 spiro atoms. The van der Waals surface area contributed by atoms with Crippen LogP contribution in [0.5, 0.6) is 5.75 Å². The molecular weight excluding hydrogens is 268 g/mol. The number of ether oxygens (including phenoxy) is 1. The Morgan fingerprint density at radius 1 is 1.43 bits per heavy atom.